The van der Waals surface area contributed by atoms with Crippen molar-refractivity contribution in [2.24, 2.45) is 5.92 Å². The van der Waals surface area contributed by atoms with E-state index in [9.17, 15) is 19.5 Å². The zero-order valence-electron chi connectivity index (χ0n) is 16.9. The Morgan fingerprint density at radius 1 is 1.25 bits per heavy atom. The Balaban J connectivity index is 1.99. The first-order chi connectivity index (χ1) is 13.4. The maximum absolute atomic E-state index is 12.7. The monoisotopic (exact) mass is 394 g/mol. The van der Waals surface area contributed by atoms with Crippen LogP contribution in [0.5, 0.6) is 0 Å². The molecule has 2 aliphatic rings. The van der Waals surface area contributed by atoms with Crippen LogP contribution in [0.3, 0.4) is 0 Å². The fourth-order valence-electron chi connectivity index (χ4n) is 3.83. The molecule has 0 bridgehead atoms. The first-order valence-electron chi connectivity index (χ1n) is 10.5. The van der Waals surface area contributed by atoms with Crippen molar-refractivity contribution in [3.63, 3.8) is 0 Å². The van der Waals surface area contributed by atoms with Gasteiger partial charge < -0.3 is 20.5 Å². The first-order valence-corrected chi connectivity index (χ1v) is 10.5. The summed E-state index contributed by atoms with van der Waals surface area (Å²) in [5.41, 5.74) is -0.535. The van der Waals surface area contributed by atoms with E-state index < -0.39 is 11.5 Å². The third kappa shape index (κ3) is 7.26. The van der Waals surface area contributed by atoms with Crippen molar-refractivity contribution in [2.75, 3.05) is 13.2 Å². The summed E-state index contributed by atoms with van der Waals surface area (Å²) in [5.74, 6) is -1.16. The van der Waals surface area contributed by atoms with Crippen LogP contribution in [0, 0.1) is 5.92 Å². The van der Waals surface area contributed by atoms with Crippen LogP contribution in [0.25, 0.3) is 0 Å². The zero-order chi connectivity index (χ0) is 20.4. The van der Waals surface area contributed by atoms with E-state index in [0.717, 1.165) is 44.9 Å². The lowest BCUT2D eigenvalue weighted by Gasteiger charge is -2.29. The van der Waals surface area contributed by atoms with Crippen LogP contribution in [-0.4, -0.2) is 47.7 Å². The van der Waals surface area contributed by atoms with Gasteiger partial charge in [-0.25, -0.2) is 0 Å². The second-order valence-corrected chi connectivity index (χ2v) is 8.14. The predicted octanol–water partition coefficient (Wildman–Crippen LogP) is 1.98. The number of ether oxygens (including phenoxy) is 1. The molecule has 0 aromatic rings. The average molecular weight is 395 g/mol. The predicted molar refractivity (Wildman–Crippen MR) is 105 cm³/mol. The molecular formula is C21H34N2O5. The summed E-state index contributed by atoms with van der Waals surface area (Å²) in [6, 6.07) is -0.312. The maximum atomic E-state index is 12.7. The molecule has 2 atom stereocenters. The van der Waals surface area contributed by atoms with E-state index in [0.29, 0.717) is 12.8 Å². The number of cyclic esters (lactones) is 1. The number of aliphatic hydroxyl groups is 1. The minimum Gasteiger partial charge on any atom is -0.464 e. The molecule has 0 radical (unpaired) electrons. The Hall–Kier alpha value is -1.89. The van der Waals surface area contributed by atoms with Crippen LogP contribution in [0.15, 0.2) is 12.2 Å². The number of nitrogens with one attached hydrogen (secondary N) is 2. The molecule has 7 nitrogen and oxygen atoms in total. The van der Waals surface area contributed by atoms with Crippen molar-refractivity contribution >= 4 is 17.8 Å². The largest absolute Gasteiger partial charge is 0.464 e. The Morgan fingerprint density at radius 3 is 2.71 bits per heavy atom. The topological polar surface area (TPSA) is 105 Å². The van der Waals surface area contributed by atoms with E-state index in [1.807, 2.05) is 12.2 Å². The second-order valence-electron chi connectivity index (χ2n) is 8.14. The summed E-state index contributed by atoms with van der Waals surface area (Å²) < 4.78 is 5.20. The van der Waals surface area contributed by atoms with Crippen LogP contribution in [0.4, 0.5) is 0 Å². The Morgan fingerprint density at radius 2 is 2.00 bits per heavy atom. The quantitative estimate of drug-likeness (QED) is 0.500. The molecule has 0 saturated heterocycles. The molecule has 0 spiro atoms. The molecule has 1 aliphatic carbocycles. The van der Waals surface area contributed by atoms with E-state index in [2.05, 4.69) is 10.6 Å². The Kier molecular flexibility index (Phi) is 8.96. The lowest BCUT2D eigenvalue weighted by molar-refractivity contribution is -0.145. The number of allylic oxidation sites excluding steroid dienone is 2. The minimum absolute atomic E-state index is 0.0715. The highest BCUT2D eigenvalue weighted by Crippen LogP contribution is 2.29. The normalized spacial score (nSPS) is 26.8. The summed E-state index contributed by atoms with van der Waals surface area (Å²) in [6.07, 6.45) is 10.9. The molecule has 1 saturated carbocycles. The zero-order valence-corrected chi connectivity index (χ0v) is 16.9. The molecule has 0 unspecified atom stereocenters. The number of rotatable bonds is 4. The van der Waals surface area contributed by atoms with Gasteiger partial charge in [0.05, 0.1) is 24.1 Å². The lowest BCUT2D eigenvalue weighted by Crippen LogP contribution is -2.50. The number of carbonyl (C=O) groups excluding carboxylic acids is 3. The van der Waals surface area contributed by atoms with Gasteiger partial charge in [0.2, 0.25) is 11.8 Å². The standard InChI is InChI=1S/C21H34N2O5/c1-16-14-28-19(26)10-6-4-2-3-5-9-17(20(27)22-16)13-18(25)23-21(15-24)11-7-8-12-21/h3,5,16-17,24H,2,4,6-15H2,1H3,(H,22,27)(H,23,25)/t16-,17+/m0/s1. The molecule has 1 heterocycles. The van der Waals surface area contributed by atoms with Crippen molar-refractivity contribution in [3.8, 4) is 0 Å². The van der Waals surface area contributed by atoms with E-state index in [1.165, 1.54) is 0 Å². The molecule has 0 aromatic carbocycles. The molecule has 28 heavy (non-hydrogen) atoms. The van der Waals surface area contributed by atoms with Crippen LogP contribution in [0.2, 0.25) is 0 Å². The molecule has 1 aliphatic heterocycles. The van der Waals surface area contributed by atoms with Gasteiger partial charge in [-0.3, -0.25) is 14.4 Å². The maximum Gasteiger partial charge on any atom is 0.305 e. The van der Waals surface area contributed by atoms with E-state index in [4.69, 9.17) is 4.74 Å². The summed E-state index contributed by atoms with van der Waals surface area (Å²) in [7, 11) is 0. The highest BCUT2D eigenvalue weighted by atomic mass is 16.5. The molecule has 2 amide bonds. The van der Waals surface area contributed by atoms with Crippen molar-refractivity contribution < 1.29 is 24.2 Å². The molecule has 1 fully saturated rings. The molecule has 158 valence electrons. The number of hydrogen-bond acceptors (Lipinski definition) is 5. The highest BCUT2D eigenvalue weighted by Gasteiger charge is 2.35. The van der Waals surface area contributed by atoms with Gasteiger partial charge in [0, 0.05) is 12.8 Å². The van der Waals surface area contributed by atoms with Gasteiger partial charge in [-0.05, 0) is 45.4 Å². The fraction of sp³-hybridized carbons (Fsp3) is 0.762. The lowest BCUT2D eigenvalue weighted by atomic mass is 9.95. The number of carbonyl (C=O) groups is 3. The molecule has 0 aromatic heterocycles. The fourth-order valence-corrected chi connectivity index (χ4v) is 3.83. The first kappa shape index (κ1) is 22.4. The summed E-state index contributed by atoms with van der Waals surface area (Å²) in [5, 5.41) is 15.5. The van der Waals surface area contributed by atoms with Gasteiger partial charge in [0.15, 0.2) is 0 Å². The SMILES string of the molecule is C[C@H]1COC(=O)CCCCC=CC[C@H](CC(=O)NC2(CO)CCCC2)C(=O)N1. The smallest absolute Gasteiger partial charge is 0.305 e. The highest BCUT2D eigenvalue weighted by molar-refractivity contribution is 5.86. The Bertz CT molecular complexity index is 569. The van der Waals surface area contributed by atoms with Crippen LogP contribution in [0.1, 0.15) is 71.1 Å². The van der Waals surface area contributed by atoms with Gasteiger partial charge in [-0.2, -0.15) is 0 Å². The van der Waals surface area contributed by atoms with Crippen molar-refractivity contribution in [1.29, 1.82) is 0 Å². The van der Waals surface area contributed by atoms with Crippen LogP contribution >= 0.6 is 0 Å². The van der Waals surface area contributed by atoms with Gasteiger partial charge in [0.1, 0.15) is 6.61 Å². The number of amides is 2. The van der Waals surface area contributed by atoms with Gasteiger partial charge in [0.25, 0.3) is 0 Å². The summed E-state index contributed by atoms with van der Waals surface area (Å²) in [4.78, 5) is 37.0. The van der Waals surface area contributed by atoms with Gasteiger partial charge >= 0.3 is 5.97 Å². The third-order valence-corrected chi connectivity index (χ3v) is 5.54. The third-order valence-electron chi connectivity index (χ3n) is 5.54. The van der Waals surface area contributed by atoms with Crippen LogP contribution in [-0.2, 0) is 19.1 Å². The molecular weight excluding hydrogens is 360 g/mol. The number of hydrogen-bond donors (Lipinski definition) is 3. The van der Waals surface area contributed by atoms with Crippen molar-refractivity contribution in [3.05, 3.63) is 12.2 Å². The summed E-state index contributed by atoms with van der Waals surface area (Å²) >= 11 is 0. The average Bonchev–Trinajstić information content (AvgIpc) is 3.12. The van der Waals surface area contributed by atoms with Crippen molar-refractivity contribution in [1.82, 2.24) is 10.6 Å². The van der Waals surface area contributed by atoms with Gasteiger partial charge in [-0.15, -0.1) is 0 Å². The summed E-state index contributed by atoms with van der Waals surface area (Å²) in [6.45, 7) is 1.84. The van der Waals surface area contributed by atoms with E-state index in [-0.39, 0.29) is 43.5 Å². The van der Waals surface area contributed by atoms with E-state index in [1.54, 1.807) is 6.92 Å². The molecule has 3 N–H and O–H groups in total. The Labute approximate surface area is 167 Å². The van der Waals surface area contributed by atoms with Crippen LogP contribution < -0.4 is 10.6 Å². The molecule has 2 rings (SSSR count). The second kappa shape index (κ2) is 11.2. The molecule has 7 heteroatoms. The van der Waals surface area contributed by atoms with Gasteiger partial charge in [-0.1, -0.05) is 25.0 Å². The van der Waals surface area contributed by atoms with Crippen molar-refractivity contribution in [2.45, 2.75) is 82.7 Å². The van der Waals surface area contributed by atoms with E-state index >= 15 is 0 Å². The number of aliphatic hydroxyl groups excluding tert-OH is 1. The minimum atomic E-state index is -0.535. The number of esters is 1.